The third kappa shape index (κ3) is 6.92. The maximum Gasteiger partial charge on any atom is 0.255 e. The zero-order chi connectivity index (χ0) is 28.8. The average Bonchev–Trinajstić information content (AvgIpc) is 3.02. The molecular formula is C35H38N2O4. The number of benzene rings is 4. The summed E-state index contributed by atoms with van der Waals surface area (Å²) in [5.74, 6) is -0.101. The van der Waals surface area contributed by atoms with Crippen molar-refractivity contribution in [1.29, 1.82) is 0 Å². The van der Waals surface area contributed by atoms with Gasteiger partial charge in [-0.2, -0.15) is 0 Å². The largest absolute Gasteiger partial charge is 0.392 e. The zero-order valence-electron chi connectivity index (χ0n) is 23.8. The summed E-state index contributed by atoms with van der Waals surface area (Å²) in [6, 6.07) is 35.4. The van der Waals surface area contributed by atoms with Gasteiger partial charge < -0.3 is 19.9 Å². The molecule has 0 unspecified atom stereocenters. The Hall–Kier alpha value is -3.81. The molecule has 0 saturated carbocycles. The number of ether oxygens (including phenoxy) is 2. The van der Waals surface area contributed by atoms with Crippen molar-refractivity contribution in [2.45, 2.75) is 45.0 Å². The van der Waals surface area contributed by atoms with Gasteiger partial charge in [0.15, 0.2) is 6.29 Å². The van der Waals surface area contributed by atoms with Crippen LogP contribution in [0.5, 0.6) is 0 Å². The Morgan fingerprint density at radius 1 is 0.878 bits per heavy atom. The highest BCUT2D eigenvalue weighted by molar-refractivity contribution is 6.04. The number of hydrogen-bond donors (Lipinski definition) is 2. The van der Waals surface area contributed by atoms with Gasteiger partial charge in [-0.15, -0.1) is 0 Å². The second-order valence-electron chi connectivity index (χ2n) is 10.8. The number of aliphatic hydroxyl groups excluding tert-OH is 1. The van der Waals surface area contributed by atoms with Crippen molar-refractivity contribution in [2.75, 3.05) is 18.9 Å². The first kappa shape index (κ1) is 28.7. The summed E-state index contributed by atoms with van der Waals surface area (Å²) in [6.07, 6.45) is -0.947. The molecule has 4 aromatic carbocycles. The summed E-state index contributed by atoms with van der Waals surface area (Å²) >= 11 is 0. The Morgan fingerprint density at radius 3 is 2.24 bits per heavy atom. The van der Waals surface area contributed by atoms with Crippen molar-refractivity contribution in [2.24, 2.45) is 5.92 Å². The van der Waals surface area contributed by atoms with Crippen LogP contribution < -0.4 is 5.32 Å². The average molecular weight is 551 g/mol. The first-order chi connectivity index (χ1) is 19.9. The highest BCUT2D eigenvalue weighted by atomic mass is 16.7. The summed E-state index contributed by atoms with van der Waals surface area (Å²) in [6.45, 7) is 5.09. The van der Waals surface area contributed by atoms with Gasteiger partial charge >= 0.3 is 0 Å². The molecule has 1 fully saturated rings. The Balaban J connectivity index is 1.39. The number of hydrogen-bond acceptors (Lipinski definition) is 5. The monoisotopic (exact) mass is 550 g/mol. The van der Waals surface area contributed by atoms with Crippen LogP contribution in [-0.2, 0) is 16.1 Å². The van der Waals surface area contributed by atoms with E-state index in [4.69, 9.17) is 9.47 Å². The van der Waals surface area contributed by atoms with Crippen LogP contribution in [0.15, 0.2) is 109 Å². The predicted molar refractivity (Wildman–Crippen MR) is 161 cm³/mol. The van der Waals surface area contributed by atoms with Crippen molar-refractivity contribution in [3.8, 4) is 0 Å². The van der Waals surface area contributed by atoms with Gasteiger partial charge in [0.2, 0.25) is 0 Å². The van der Waals surface area contributed by atoms with Crippen molar-refractivity contribution in [3.05, 3.63) is 137 Å². The molecule has 1 amide bonds. The molecule has 1 saturated heterocycles. The Kier molecular flexibility index (Phi) is 9.27. The molecule has 1 heterocycles. The van der Waals surface area contributed by atoms with Crippen LogP contribution in [0, 0.1) is 5.92 Å². The van der Waals surface area contributed by atoms with Crippen molar-refractivity contribution >= 4 is 11.6 Å². The van der Waals surface area contributed by atoms with E-state index in [0.29, 0.717) is 17.8 Å². The second kappa shape index (κ2) is 13.2. The van der Waals surface area contributed by atoms with E-state index in [9.17, 15) is 9.90 Å². The fraction of sp³-hybridized carbons (Fsp3) is 0.286. The Morgan fingerprint density at radius 2 is 1.56 bits per heavy atom. The first-order valence-electron chi connectivity index (χ1n) is 14.1. The van der Waals surface area contributed by atoms with Gasteiger partial charge in [0.1, 0.15) is 0 Å². The number of carbonyl (C=O) groups is 1. The molecule has 41 heavy (non-hydrogen) atoms. The normalized spacial score (nSPS) is 21.4. The molecule has 1 aliphatic heterocycles. The fourth-order valence-corrected chi connectivity index (χ4v) is 5.31. The number of aliphatic hydroxyl groups is 1. The predicted octanol–water partition coefficient (Wildman–Crippen LogP) is 6.92. The molecule has 5 rings (SSSR count). The van der Waals surface area contributed by atoms with Gasteiger partial charge in [0, 0.05) is 35.3 Å². The molecule has 6 heteroatoms. The molecule has 0 spiro atoms. The quantitative estimate of drug-likeness (QED) is 0.237. The van der Waals surface area contributed by atoms with E-state index >= 15 is 0 Å². The Bertz CT molecular complexity index is 1410. The molecular weight excluding hydrogens is 512 g/mol. The minimum absolute atomic E-state index is 0.000614. The third-order valence-corrected chi connectivity index (χ3v) is 7.99. The highest BCUT2D eigenvalue weighted by Gasteiger charge is 2.39. The zero-order valence-corrected chi connectivity index (χ0v) is 23.8. The number of nitrogens with zero attached hydrogens (tertiary/aromatic N) is 1. The van der Waals surface area contributed by atoms with Crippen LogP contribution in [0.1, 0.15) is 64.9 Å². The molecule has 212 valence electrons. The van der Waals surface area contributed by atoms with Crippen LogP contribution >= 0.6 is 0 Å². The smallest absolute Gasteiger partial charge is 0.255 e. The molecule has 4 aromatic rings. The fourth-order valence-electron chi connectivity index (χ4n) is 5.31. The van der Waals surface area contributed by atoms with E-state index in [-0.39, 0.29) is 36.7 Å². The SMILES string of the molecule is C[C@@H]1[C@H](CN(C)[C@@H](C)c2ccccc2)O[C@H](c2cccc(NC(=O)c3ccccc3)c2)O[C@@H]1c1ccc(CO)cc1. The number of carbonyl (C=O) groups excluding carboxylic acids is 1. The van der Waals surface area contributed by atoms with Crippen molar-refractivity contribution < 1.29 is 19.4 Å². The number of rotatable bonds is 9. The van der Waals surface area contributed by atoms with E-state index in [1.807, 2.05) is 72.8 Å². The summed E-state index contributed by atoms with van der Waals surface area (Å²) < 4.78 is 13.3. The molecule has 2 N–H and O–H groups in total. The van der Waals surface area contributed by atoms with Crippen LogP contribution in [0.4, 0.5) is 5.69 Å². The van der Waals surface area contributed by atoms with E-state index < -0.39 is 6.29 Å². The number of nitrogens with one attached hydrogen (secondary N) is 1. The van der Waals surface area contributed by atoms with Crippen LogP contribution in [0.2, 0.25) is 0 Å². The number of anilines is 1. The van der Waals surface area contributed by atoms with Crippen molar-refractivity contribution in [1.82, 2.24) is 4.90 Å². The van der Waals surface area contributed by atoms with Gasteiger partial charge in [0.25, 0.3) is 5.91 Å². The number of likely N-dealkylation sites (N-methyl/N-ethyl adjacent to an activating group) is 1. The highest BCUT2D eigenvalue weighted by Crippen LogP contribution is 2.42. The van der Waals surface area contributed by atoms with Gasteiger partial charge in [-0.3, -0.25) is 9.69 Å². The van der Waals surface area contributed by atoms with E-state index in [0.717, 1.165) is 16.7 Å². The summed E-state index contributed by atoms with van der Waals surface area (Å²) in [7, 11) is 2.13. The van der Waals surface area contributed by atoms with E-state index in [1.54, 1.807) is 12.1 Å². The summed E-state index contributed by atoms with van der Waals surface area (Å²) in [5, 5.41) is 12.5. The van der Waals surface area contributed by atoms with Gasteiger partial charge in [0.05, 0.1) is 18.8 Å². The maximum atomic E-state index is 12.8. The molecule has 6 nitrogen and oxygen atoms in total. The minimum Gasteiger partial charge on any atom is -0.392 e. The maximum absolute atomic E-state index is 12.8. The summed E-state index contributed by atoms with van der Waals surface area (Å²) in [5.41, 5.74) is 5.27. The third-order valence-electron chi connectivity index (χ3n) is 7.99. The number of amides is 1. The molecule has 0 bridgehead atoms. The van der Waals surface area contributed by atoms with Gasteiger partial charge in [-0.1, -0.05) is 91.9 Å². The van der Waals surface area contributed by atoms with Crippen LogP contribution in [0.25, 0.3) is 0 Å². The summed E-state index contributed by atoms with van der Waals surface area (Å²) in [4.78, 5) is 15.1. The lowest BCUT2D eigenvalue weighted by Gasteiger charge is -2.43. The lowest BCUT2D eigenvalue weighted by atomic mass is 9.89. The standard InChI is InChI=1S/C35H38N2O4/c1-24-32(22-37(3)25(2)27-11-6-4-7-12-27)40-35(41-33(24)28-19-17-26(23-38)18-20-28)30-15-10-16-31(21-30)36-34(39)29-13-8-5-9-14-29/h4-21,24-25,32-33,35,38H,22-23H2,1-3H3,(H,36,39)/t24-,25+,32+,33+,35+/m1/s1. The van der Waals surface area contributed by atoms with Crippen LogP contribution in [0.3, 0.4) is 0 Å². The van der Waals surface area contributed by atoms with Crippen LogP contribution in [-0.4, -0.2) is 35.6 Å². The second-order valence-corrected chi connectivity index (χ2v) is 10.8. The molecule has 0 aromatic heterocycles. The molecule has 0 aliphatic carbocycles. The van der Waals surface area contributed by atoms with Crippen molar-refractivity contribution in [3.63, 3.8) is 0 Å². The topological polar surface area (TPSA) is 71.0 Å². The lowest BCUT2D eigenvalue weighted by Crippen LogP contribution is -2.44. The molecule has 5 atom stereocenters. The molecule has 1 aliphatic rings. The molecule has 0 radical (unpaired) electrons. The Labute approximate surface area is 242 Å². The lowest BCUT2D eigenvalue weighted by molar-refractivity contribution is -0.276. The van der Waals surface area contributed by atoms with Gasteiger partial charge in [-0.05, 0) is 54.9 Å². The first-order valence-corrected chi connectivity index (χ1v) is 14.1. The van der Waals surface area contributed by atoms with E-state index in [1.165, 1.54) is 5.56 Å². The van der Waals surface area contributed by atoms with Gasteiger partial charge in [-0.25, -0.2) is 0 Å². The van der Waals surface area contributed by atoms with E-state index in [2.05, 4.69) is 55.4 Å². The minimum atomic E-state index is -0.618.